The molecule has 0 fully saturated rings. The maximum absolute atomic E-state index is 12.3. The molecule has 1 aromatic carbocycles. The molecule has 0 unspecified atom stereocenters. The number of hydrogen-bond donors (Lipinski definition) is 0. The summed E-state index contributed by atoms with van der Waals surface area (Å²) in [6.45, 7) is 0. The summed E-state index contributed by atoms with van der Waals surface area (Å²) in [6, 6.07) is 14.1. The van der Waals surface area contributed by atoms with Gasteiger partial charge in [0.1, 0.15) is 17.3 Å². The molecule has 0 bridgehead atoms. The van der Waals surface area contributed by atoms with Gasteiger partial charge < -0.3 is 0 Å². The summed E-state index contributed by atoms with van der Waals surface area (Å²) < 4.78 is 1.36. The highest BCUT2D eigenvalue weighted by molar-refractivity contribution is 6.30. The summed E-state index contributed by atoms with van der Waals surface area (Å²) >= 11 is 5.85. The summed E-state index contributed by atoms with van der Waals surface area (Å²) in [5.74, 6) is 0. The summed E-state index contributed by atoms with van der Waals surface area (Å²) in [5.41, 5.74) is 1.22. The van der Waals surface area contributed by atoms with Gasteiger partial charge in [-0.2, -0.15) is 5.26 Å². The van der Waals surface area contributed by atoms with Crippen molar-refractivity contribution >= 4 is 17.2 Å². The first-order valence-electron chi connectivity index (χ1n) is 5.88. The molecule has 4 nitrogen and oxygen atoms in total. The highest BCUT2D eigenvalue weighted by Crippen LogP contribution is 2.21. The van der Waals surface area contributed by atoms with Crippen LogP contribution < -0.4 is 5.56 Å². The van der Waals surface area contributed by atoms with E-state index in [2.05, 4.69) is 4.98 Å². The molecule has 3 aromatic rings. The molecule has 2 aromatic heterocycles. The largest absolute Gasteiger partial charge is 0.276 e. The summed E-state index contributed by atoms with van der Waals surface area (Å²) in [6.07, 6.45) is 1.59. The van der Waals surface area contributed by atoms with Crippen molar-refractivity contribution in [1.82, 2.24) is 9.38 Å². The molecule has 20 heavy (non-hydrogen) atoms. The number of hydrogen-bond acceptors (Lipinski definition) is 3. The predicted molar refractivity (Wildman–Crippen MR) is 76.6 cm³/mol. The minimum atomic E-state index is -0.372. The zero-order valence-corrected chi connectivity index (χ0v) is 11.0. The highest BCUT2D eigenvalue weighted by Gasteiger charge is 2.13. The van der Waals surface area contributed by atoms with Crippen molar-refractivity contribution in [3.8, 4) is 17.3 Å². The lowest BCUT2D eigenvalue weighted by atomic mass is 10.1. The molecule has 3 rings (SSSR count). The van der Waals surface area contributed by atoms with E-state index >= 15 is 0 Å². The Kier molecular flexibility index (Phi) is 2.97. The quantitative estimate of drug-likeness (QED) is 0.689. The van der Waals surface area contributed by atoms with Crippen LogP contribution in [0, 0.1) is 11.3 Å². The van der Waals surface area contributed by atoms with Crippen molar-refractivity contribution in [2.24, 2.45) is 0 Å². The maximum Gasteiger partial charge on any atom is 0.276 e. The molecule has 2 heterocycles. The zero-order chi connectivity index (χ0) is 14.1. The van der Waals surface area contributed by atoms with E-state index in [1.54, 1.807) is 48.7 Å². The van der Waals surface area contributed by atoms with E-state index in [9.17, 15) is 10.1 Å². The van der Waals surface area contributed by atoms with Crippen LogP contribution in [0.1, 0.15) is 5.56 Å². The molecule has 0 spiro atoms. The molecular weight excluding hydrogens is 274 g/mol. The van der Waals surface area contributed by atoms with Gasteiger partial charge in [-0.05, 0) is 24.3 Å². The van der Waals surface area contributed by atoms with Crippen LogP contribution in [0.4, 0.5) is 0 Å². The van der Waals surface area contributed by atoms with E-state index in [0.717, 1.165) is 0 Å². The number of benzene rings is 1. The number of aromatic nitrogens is 2. The van der Waals surface area contributed by atoms with Gasteiger partial charge in [-0.3, -0.25) is 9.20 Å². The maximum atomic E-state index is 12.3. The van der Waals surface area contributed by atoms with Crippen molar-refractivity contribution in [1.29, 1.82) is 5.26 Å². The molecule has 0 amide bonds. The number of rotatable bonds is 1. The van der Waals surface area contributed by atoms with Gasteiger partial charge >= 0.3 is 0 Å². The molecule has 0 N–H and O–H groups in total. The van der Waals surface area contributed by atoms with E-state index in [1.165, 1.54) is 4.40 Å². The molecule has 0 aliphatic heterocycles. The molecule has 0 saturated carbocycles. The van der Waals surface area contributed by atoms with Crippen molar-refractivity contribution in [3.63, 3.8) is 0 Å². The number of fused-ring (bicyclic) bond motifs is 1. The average molecular weight is 282 g/mol. The van der Waals surface area contributed by atoms with Gasteiger partial charge in [-0.15, -0.1) is 0 Å². The first kappa shape index (κ1) is 12.4. The van der Waals surface area contributed by atoms with Crippen LogP contribution in [0.5, 0.6) is 0 Å². The van der Waals surface area contributed by atoms with Gasteiger partial charge in [-0.1, -0.05) is 29.8 Å². The van der Waals surface area contributed by atoms with Gasteiger partial charge in [-0.25, -0.2) is 4.98 Å². The third-order valence-corrected chi connectivity index (χ3v) is 3.22. The lowest BCUT2D eigenvalue weighted by molar-refractivity contribution is 1.04. The lowest BCUT2D eigenvalue weighted by Gasteiger charge is -2.06. The molecular formula is C15H8ClN3O. The van der Waals surface area contributed by atoms with Gasteiger partial charge in [0.25, 0.3) is 5.56 Å². The summed E-state index contributed by atoms with van der Waals surface area (Å²) in [7, 11) is 0. The predicted octanol–water partition coefficient (Wildman–Crippen LogP) is 2.89. The lowest BCUT2D eigenvalue weighted by Crippen LogP contribution is -2.19. The average Bonchev–Trinajstić information content (AvgIpc) is 2.48. The van der Waals surface area contributed by atoms with E-state index in [-0.39, 0.29) is 11.1 Å². The minimum absolute atomic E-state index is 0.0241. The van der Waals surface area contributed by atoms with Crippen LogP contribution in [0.3, 0.4) is 0 Å². The Hall–Kier alpha value is -2.64. The molecule has 96 valence electrons. The second-order valence-electron chi connectivity index (χ2n) is 4.19. The summed E-state index contributed by atoms with van der Waals surface area (Å²) in [5, 5.41) is 9.83. The Labute approximate surface area is 119 Å². The first-order chi connectivity index (χ1) is 9.70. The van der Waals surface area contributed by atoms with Crippen molar-refractivity contribution in [3.05, 3.63) is 69.6 Å². The van der Waals surface area contributed by atoms with Crippen LogP contribution >= 0.6 is 11.6 Å². The first-order valence-corrected chi connectivity index (χ1v) is 6.26. The number of nitrogens with zero attached hydrogens (tertiary/aromatic N) is 3. The van der Waals surface area contributed by atoms with Gasteiger partial charge in [0, 0.05) is 16.8 Å². The van der Waals surface area contributed by atoms with Crippen LogP contribution in [0.2, 0.25) is 5.02 Å². The molecule has 0 radical (unpaired) electrons. The van der Waals surface area contributed by atoms with Gasteiger partial charge in [0.2, 0.25) is 0 Å². The van der Waals surface area contributed by atoms with Crippen LogP contribution in [0.25, 0.3) is 16.9 Å². The van der Waals surface area contributed by atoms with Crippen molar-refractivity contribution < 1.29 is 0 Å². The van der Waals surface area contributed by atoms with Crippen LogP contribution in [-0.2, 0) is 0 Å². The third-order valence-electron chi connectivity index (χ3n) is 2.96. The van der Waals surface area contributed by atoms with E-state index in [1.807, 2.05) is 6.07 Å². The molecule has 0 aliphatic rings. The third kappa shape index (κ3) is 1.94. The van der Waals surface area contributed by atoms with Crippen LogP contribution in [-0.4, -0.2) is 9.38 Å². The van der Waals surface area contributed by atoms with Gasteiger partial charge in [0.15, 0.2) is 0 Å². The van der Waals surface area contributed by atoms with Gasteiger partial charge in [0.05, 0.1) is 5.69 Å². The number of pyridine rings is 1. The Bertz CT molecular complexity index is 892. The Morgan fingerprint density at radius 1 is 1.15 bits per heavy atom. The fourth-order valence-electron chi connectivity index (χ4n) is 2.01. The smallest absolute Gasteiger partial charge is 0.267 e. The van der Waals surface area contributed by atoms with Crippen LogP contribution in [0.15, 0.2) is 53.5 Å². The Morgan fingerprint density at radius 2 is 1.90 bits per heavy atom. The van der Waals surface area contributed by atoms with E-state index < -0.39 is 0 Å². The number of nitriles is 1. The minimum Gasteiger partial charge on any atom is -0.267 e. The van der Waals surface area contributed by atoms with Crippen molar-refractivity contribution in [2.75, 3.05) is 0 Å². The second kappa shape index (κ2) is 4.80. The fourth-order valence-corrected chi connectivity index (χ4v) is 2.13. The highest BCUT2D eigenvalue weighted by atomic mass is 35.5. The molecule has 0 saturated heterocycles. The number of halogens is 1. The normalized spacial score (nSPS) is 10.4. The monoisotopic (exact) mass is 281 g/mol. The fraction of sp³-hybridized carbons (Fsp3) is 0. The summed E-state index contributed by atoms with van der Waals surface area (Å²) in [4.78, 5) is 16.7. The van der Waals surface area contributed by atoms with Crippen molar-refractivity contribution in [2.45, 2.75) is 0 Å². The topological polar surface area (TPSA) is 58.2 Å². The Morgan fingerprint density at radius 3 is 2.60 bits per heavy atom. The zero-order valence-electron chi connectivity index (χ0n) is 10.2. The van der Waals surface area contributed by atoms with E-state index in [0.29, 0.717) is 21.9 Å². The SMILES string of the molecule is N#Cc1c(-c2ccc(Cl)cc2)nc2ccccn2c1=O. The standard InChI is InChI=1S/C15H8ClN3O/c16-11-6-4-10(5-7-11)14-12(9-17)15(20)19-8-2-1-3-13(19)18-14/h1-8H. The Balaban J connectivity index is 2.38. The second-order valence-corrected chi connectivity index (χ2v) is 4.62. The van der Waals surface area contributed by atoms with E-state index in [4.69, 9.17) is 11.6 Å². The molecule has 0 aliphatic carbocycles. The molecule has 5 heteroatoms. The molecule has 0 atom stereocenters.